The van der Waals surface area contributed by atoms with Crippen molar-refractivity contribution >= 4 is 52.2 Å². The smallest absolute Gasteiger partial charge is 0.293 e. The number of rotatable bonds is 7. The molecule has 1 fully saturated rings. The molecule has 0 aromatic heterocycles. The van der Waals surface area contributed by atoms with Crippen LogP contribution < -0.4 is 10.1 Å². The van der Waals surface area contributed by atoms with Crippen LogP contribution in [0.5, 0.6) is 5.75 Å². The lowest BCUT2D eigenvalue weighted by Gasteiger charge is -2.12. The molecule has 1 heterocycles. The van der Waals surface area contributed by atoms with Crippen molar-refractivity contribution in [3.05, 3.63) is 98.9 Å². The van der Waals surface area contributed by atoms with Gasteiger partial charge in [-0.25, -0.2) is 0 Å². The minimum atomic E-state index is -0.310. The summed E-state index contributed by atoms with van der Waals surface area (Å²) in [7, 11) is 0. The number of anilines is 1. The molecule has 1 aliphatic rings. The second-order valence-corrected chi connectivity index (χ2v) is 9.53. The van der Waals surface area contributed by atoms with Crippen LogP contribution in [-0.4, -0.2) is 28.6 Å². The Bertz CT molecular complexity index is 1320. The fraction of sp³-hybridized carbons (Fsp3) is 0.148. The molecule has 1 aliphatic heterocycles. The SMILES string of the molecule is Cc1cccc(CN2C(=O)S/C(=C\c3ccc(OCC(=O)Nc4ccc(C)c(Cl)c4)cc3)C2=O)c1. The molecule has 1 N–H and O–H groups in total. The number of carbonyl (C=O) groups excluding carboxylic acids is 3. The summed E-state index contributed by atoms with van der Waals surface area (Å²) in [6.07, 6.45) is 1.68. The zero-order chi connectivity index (χ0) is 24.9. The number of hydrogen-bond donors (Lipinski definition) is 1. The number of thioether (sulfide) groups is 1. The zero-order valence-corrected chi connectivity index (χ0v) is 20.8. The highest BCUT2D eigenvalue weighted by Crippen LogP contribution is 2.33. The van der Waals surface area contributed by atoms with Crippen LogP contribution in [0.1, 0.15) is 22.3 Å². The molecule has 0 spiro atoms. The summed E-state index contributed by atoms with van der Waals surface area (Å²) in [4.78, 5) is 39.0. The summed E-state index contributed by atoms with van der Waals surface area (Å²) in [5.41, 5.74) is 4.25. The van der Waals surface area contributed by atoms with Gasteiger partial charge in [-0.2, -0.15) is 0 Å². The monoisotopic (exact) mass is 506 g/mol. The first-order valence-corrected chi connectivity index (χ1v) is 12.1. The summed E-state index contributed by atoms with van der Waals surface area (Å²) < 4.78 is 5.55. The Labute approximate surface area is 212 Å². The van der Waals surface area contributed by atoms with Crippen molar-refractivity contribution in [3.8, 4) is 5.75 Å². The number of hydrogen-bond acceptors (Lipinski definition) is 5. The molecule has 0 radical (unpaired) electrons. The maximum absolute atomic E-state index is 12.8. The molecule has 178 valence electrons. The molecule has 3 amide bonds. The number of benzene rings is 3. The van der Waals surface area contributed by atoms with Gasteiger partial charge in [0, 0.05) is 10.7 Å². The standard InChI is InChI=1S/C27H23ClN2O4S/c1-17-4-3-5-20(12-17)15-30-26(32)24(35-27(30)33)13-19-7-10-22(11-8-19)34-16-25(31)29-21-9-6-18(2)23(28)14-21/h3-14H,15-16H2,1-2H3,(H,29,31)/b24-13-. The summed E-state index contributed by atoms with van der Waals surface area (Å²) in [6.45, 7) is 3.93. The zero-order valence-electron chi connectivity index (χ0n) is 19.2. The Morgan fingerprint density at radius 1 is 1.06 bits per heavy atom. The van der Waals surface area contributed by atoms with Crippen LogP contribution in [0, 0.1) is 13.8 Å². The van der Waals surface area contributed by atoms with Crippen LogP contribution in [0.3, 0.4) is 0 Å². The summed E-state index contributed by atoms with van der Waals surface area (Å²) in [5, 5.41) is 3.03. The molecule has 1 saturated heterocycles. The molecule has 0 atom stereocenters. The summed E-state index contributed by atoms with van der Waals surface area (Å²) >= 11 is 7.01. The average Bonchev–Trinajstić information content (AvgIpc) is 3.08. The predicted octanol–water partition coefficient (Wildman–Crippen LogP) is 6.21. The molecule has 4 rings (SSSR count). The molecular formula is C27H23ClN2O4S. The van der Waals surface area contributed by atoms with Gasteiger partial charge in [0.2, 0.25) is 0 Å². The number of amides is 3. The fourth-order valence-electron chi connectivity index (χ4n) is 3.46. The van der Waals surface area contributed by atoms with Gasteiger partial charge in [0.1, 0.15) is 5.75 Å². The molecule has 0 aliphatic carbocycles. The molecule has 6 nitrogen and oxygen atoms in total. The third-order valence-corrected chi connectivity index (χ3v) is 6.61. The van der Waals surface area contributed by atoms with E-state index in [0.717, 1.165) is 34.0 Å². The van der Waals surface area contributed by atoms with Crippen LogP contribution in [0.25, 0.3) is 6.08 Å². The van der Waals surface area contributed by atoms with Crippen LogP contribution >= 0.6 is 23.4 Å². The molecule has 3 aromatic carbocycles. The van der Waals surface area contributed by atoms with Gasteiger partial charge in [0.25, 0.3) is 17.1 Å². The first kappa shape index (κ1) is 24.6. The van der Waals surface area contributed by atoms with E-state index >= 15 is 0 Å². The number of aryl methyl sites for hydroxylation is 2. The number of nitrogens with zero attached hydrogens (tertiary/aromatic N) is 1. The highest BCUT2D eigenvalue weighted by atomic mass is 35.5. The van der Waals surface area contributed by atoms with E-state index in [1.54, 1.807) is 42.5 Å². The normalized spacial score (nSPS) is 14.5. The average molecular weight is 507 g/mol. The maximum atomic E-state index is 12.8. The van der Waals surface area contributed by atoms with E-state index in [4.69, 9.17) is 16.3 Å². The van der Waals surface area contributed by atoms with Gasteiger partial charge < -0.3 is 10.1 Å². The third kappa shape index (κ3) is 6.32. The van der Waals surface area contributed by atoms with Crippen molar-refractivity contribution in [1.29, 1.82) is 0 Å². The first-order valence-electron chi connectivity index (χ1n) is 10.9. The molecule has 0 saturated carbocycles. The second kappa shape index (κ2) is 10.8. The molecule has 8 heteroatoms. The van der Waals surface area contributed by atoms with E-state index in [2.05, 4.69) is 5.32 Å². The summed E-state index contributed by atoms with van der Waals surface area (Å²) in [5.74, 6) is -0.113. The van der Waals surface area contributed by atoms with Crippen LogP contribution in [0.15, 0.2) is 71.6 Å². The Kier molecular flexibility index (Phi) is 7.58. The molecule has 3 aromatic rings. The Hall–Kier alpha value is -3.55. The van der Waals surface area contributed by atoms with Gasteiger partial charge in [0.05, 0.1) is 11.4 Å². The van der Waals surface area contributed by atoms with E-state index < -0.39 is 0 Å². The predicted molar refractivity (Wildman–Crippen MR) is 139 cm³/mol. The van der Waals surface area contributed by atoms with E-state index in [1.165, 1.54) is 4.90 Å². The van der Waals surface area contributed by atoms with Crippen molar-refractivity contribution in [2.75, 3.05) is 11.9 Å². The maximum Gasteiger partial charge on any atom is 0.293 e. The largest absolute Gasteiger partial charge is 0.484 e. The topological polar surface area (TPSA) is 75.7 Å². The highest BCUT2D eigenvalue weighted by molar-refractivity contribution is 8.18. The van der Waals surface area contributed by atoms with Crippen LogP contribution in [-0.2, 0) is 16.1 Å². The van der Waals surface area contributed by atoms with Crippen molar-refractivity contribution in [1.82, 2.24) is 4.90 Å². The number of nitrogens with one attached hydrogen (secondary N) is 1. The van der Waals surface area contributed by atoms with Crippen molar-refractivity contribution in [2.45, 2.75) is 20.4 Å². The summed E-state index contributed by atoms with van der Waals surface area (Å²) in [6, 6.07) is 20.0. The lowest BCUT2D eigenvalue weighted by Crippen LogP contribution is -2.27. The van der Waals surface area contributed by atoms with Gasteiger partial charge >= 0.3 is 0 Å². The minimum absolute atomic E-state index is 0.164. The van der Waals surface area contributed by atoms with Gasteiger partial charge in [-0.3, -0.25) is 19.3 Å². The van der Waals surface area contributed by atoms with Crippen molar-refractivity contribution < 1.29 is 19.1 Å². The highest BCUT2D eigenvalue weighted by Gasteiger charge is 2.34. The number of halogens is 1. The quantitative estimate of drug-likeness (QED) is 0.385. The Balaban J connectivity index is 1.34. The Morgan fingerprint density at radius 3 is 2.54 bits per heavy atom. The number of imide groups is 1. The van der Waals surface area contributed by atoms with E-state index in [1.807, 2.05) is 44.2 Å². The Morgan fingerprint density at radius 2 is 1.83 bits per heavy atom. The lowest BCUT2D eigenvalue weighted by molar-refractivity contribution is -0.123. The molecule has 0 bridgehead atoms. The minimum Gasteiger partial charge on any atom is -0.484 e. The first-order chi connectivity index (χ1) is 16.8. The van der Waals surface area contributed by atoms with Crippen molar-refractivity contribution in [2.24, 2.45) is 0 Å². The number of carbonyl (C=O) groups is 3. The van der Waals surface area contributed by atoms with Gasteiger partial charge in [0.15, 0.2) is 6.61 Å². The van der Waals surface area contributed by atoms with Gasteiger partial charge in [-0.15, -0.1) is 0 Å². The van der Waals surface area contributed by atoms with E-state index in [0.29, 0.717) is 21.4 Å². The fourth-order valence-corrected chi connectivity index (χ4v) is 4.48. The molecular weight excluding hydrogens is 484 g/mol. The molecule has 35 heavy (non-hydrogen) atoms. The van der Waals surface area contributed by atoms with E-state index in [9.17, 15) is 14.4 Å². The van der Waals surface area contributed by atoms with Crippen LogP contribution in [0.2, 0.25) is 5.02 Å². The van der Waals surface area contributed by atoms with Gasteiger partial charge in [-0.1, -0.05) is 59.6 Å². The lowest BCUT2D eigenvalue weighted by atomic mass is 10.1. The van der Waals surface area contributed by atoms with Crippen LogP contribution in [0.4, 0.5) is 10.5 Å². The van der Waals surface area contributed by atoms with E-state index in [-0.39, 0.29) is 30.2 Å². The second-order valence-electron chi connectivity index (χ2n) is 8.13. The van der Waals surface area contributed by atoms with Crippen molar-refractivity contribution in [3.63, 3.8) is 0 Å². The van der Waals surface area contributed by atoms with Gasteiger partial charge in [-0.05, 0) is 72.6 Å². The molecule has 0 unspecified atom stereocenters. The number of ether oxygens (including phenoxy) is 1. The third-order valence-electron chi connectivity index (χ3n) is 5.30.